The third-order valence-corrected chi connectivity index (χ3v) is 3.18. The summed E-state index contributed by atoms with van der Waals surface area (Å²) in [7, 11) is -0.770. The Morgan fingerprint density at radius 1 is 1.10 bits per heavy atom. The van der Waals surface area contributed by atoms with Gasteiger partial charge in [0.15, 0.2) is 0 Å². The van der Waals surface area contributed by atoms with Gasteiger partial charge in [0.1, 0.15) is 0 Å². The maximum atomic E-state index is 11.0. The molecule has 0 aromatic carbocycles. The average Bonchev–Trinajstić information content (AvgIpc) is 2.41. The molecule has 0 fully saturated rings. The van der Waals surface area contributed by atoms with Crippen molar-refractivity contribution in [1.82, 2.24) is 15.0 Å². The lowest BCUT2D eigenvalue weighted by molar-refractivity contribution is 0.312. The Hall–Kier alpha value is -1.44. The minimum Gasteiger partial charge on any atom is -0.464 e. The highest BCUT2D eigenvalue weighted by Crippen LogP contribution is 2.11. The zero-order chi connectivity index (χ0) is 14.8. The zero-order valence-electron chi connectivity index (χ0n) is 12.3. The van der Waals surface area contributed by atoms with E-state index in [0.29, 0.717) is 36.8 Å². The van der Waals surface area contributed by atoms with Gasteiger partial charge in [-0.2, -0.15) is 15.0 Å². The first-order chi connectivity index (χ1) is 9.65. The van der Waals surface area contributed by atoms with Crippen LogP contribution in [0.3, 0.4) is 0 Å². The second kappa shape index (κ2) is 9.46. The first kappa shape index (κ1) is 16.6. The fourth-order valence-corrected chi connectivity index (χ4v) is 1.97. The molecular formula is C12H23N5O2S. The van der Waals surface area contributed by atoms with Crippen LogP contribution >= 0.6 is 0 Å². The number of aromatic nitrogens is 3. The number of hydrogen-bond acceptors (Lipinski definition) is 7. The van der Waals surface area contributed by atoms with Crippen LogP contribution < -0.4 is 15.4 Å². The SMILES string of the molecule is CCCNc1nc(NCCCS(C)=O)nc(OCC)n1. The van der Waals surface area contributed by atoms with E-state index in [4.69, 9.17) is 4.74 Å². The molecule has 0 aliphatic heterocycles. The highest BCUT2D eigenvalue weighted by atomic mass is 32.2. The lowest BCUT2D eigenvalue weighted by Gasteiger charge is -2.09. The molecule has 114 valence electrons. The Morgan fingerprint density at radius 2 is 1.75 bits per heavy atom. The van der Waals surface area contributed by atoms with Crippen LogP contribution in [-0.2, 0) is 10.8 Å². The average molecular weight is 301 g/mol. The predicted molar refractivity (Wildman–Crippen MR) is 81.8 cm³/mol. The van der Waals surface area contributed by atoms with E-state index >= 15 is 0 Å². The molecule has 1 rings (SSSR count). The van der Waals surface area contributed by atoms with Crippen molar-refractivity contribution in [3.63, 3.8) is 0 Å². The van der Waals surface area contributed by atoms with Crippen LogP contribution in [0.15, 0.2) is 0 Å². The monoisotopic (exact) mass is 301 g/mol. The van der Waals surface area contributed by atoms with Crippen LogP contribution in [0.5, 0.6) is 6.01 Å². The second-order valence-corrected chi connectivity index (χ2v) is 5.74. The summed E-state index contributed by atoms with van der Waals surface area (Å²) in [5, 5.41) is 6.21. The molecule has 7 nitrogen and oxygen atoms in total. The van der Waals surface area contributed by atoms with Crippen molar-refractivity contribution in [3.8, 4) is 6.01 Å². The molecule has 8 heteroatoms. The molecule has 0 saturated carbocycles. The molecule has 0 aliphatic rings. The molecule has 2 N–H and O–H groups in total. The van der Waals surface area contributed by atoms with Gasteiger partial charge in [0, 0.05) is 35.9 Å². The highest BCUT2D eigenvalue weighted by molar-refractivity contribution is 7.84. The van der Waals surface area contributed by atoms with Gasteiger partial charge < -0.3 is 15.4 Å². The van der Waals surface area contributed by atoms with Crippen molar-refractivity contribution in [2.24, 2.45) is 0 Å². The standard InChI is InChI=1S/C12H23N5O2S/c1-4-7-13-10-15-11(14-8-6-9-20(3)18)17-12(16-10)19-5-2/h4-9H2,1-3H3,(H2,13,14,15,16,17). The molecule has 0 amide bonds. The Bertz CT molecular complexity index is 430. The minimum absolute atomic E-state index is 0.308. The summed E-state index contributed by atoms with van der Waals surface area (Å²) in [5.41, 5.74) is 0. The maximum absolute atomic E-state index is 11.0. The molecule has 1 aromatic heterocycles. The van der Waals surface area contributed by atoms with E-state index in [1.165, 1.54) is 0 Å². The molecule has 0 spiro atoms. The number of hydrogen-bond donors (Lipinski definition) is 2. The molecular weight excluding hydrogens is 278 g/mol. The Morgan fingerprint density at radius 3 is 2.30 bits per heavy atom. The van der Waals surface area contributed by atoms with E-state index in [2.05, 4.69) is 32.5 Å². The first-order valence-corrected chi connectivity index (χ1v) is 8.55. The van der Waals surface area contributed by atoms with Crippen molar-refractivity contribution < 1.29 is 8.95 Å². The first-order valence-electron chi connectivity index (χ1n) is 6.82. The molecule has 0 saturated heterocycles. The molecule has 0 bridgehead atoms. The number of nitrogens with zero attached hydrogens (tertiary/aromatic N) is 3. The number of rotatable bonds is 10. The van der Waals surface area contributed by atoms with E-state index in [-0.39, 0.29) is 0 Å². The van der Waals surface area contributed by atoms with Crippen molar-refractivity contribution in [2.75, 3.05) is 42.3 Å². The highest BCUT2D eigenvalue weighted by Gasteiger charge is 2.06. The molecule has 1 atom stereocenters. The largest absolute Gasteiger partial charge is 0.464 e. The topological polar surface area (TPSA) is 89.0 Å². The van der Waals surface area contributed by atoms with Crippen molar-refractivity contribution in [2.45, 2.75) is 26.7 Å². The Kier molecular flexibility index (Phi) is 7.86. The lowest BCUT2D eigenvalue weighted by atomic mass is 10.5. The summed E-state index contributed by atoms with van der Waals surface area (Å²) in [6.07, 6.45) is 3.49. The van der Waals surface area contributed by atoms with Gasteiger partial charge in [-0.3, -0.25) is 4.21 Å². The van der Waals surface area contributed by atoms with Gasteiger partial charge in [0.25, 0.3) is 0 Å². The second-order valence-electron chi connectivity index (χ2n) is 4.18. The van der Waals surface area contributed by atoms with Gasteiger partial charge in [-0.1, -0.05) is 6.92 Å². The minimum atomic E-state index is -0.770. The van der Waals surface area contributed by atoms with Crippen LogP contribution in [0.4, 0.5) is 11.9 Å². The van der Waals surface area contributed by atoms with Crippen LogP contribution in [0.25, 0.3) is 0 Å². The van der Waals surface area contributed by atoms with Gasteiger partial charge in [0.05, 0.1) is 6.61 Å². The molecule has 0 radical (unpaired) electrons. The third kappa shape index (κ3) is 6.65. The summed E-state index contributed by atoms with van der Waals surface area (Å²) in [4.78, 5) is 12.6. The zero-order valence-corrected chi connectivity index (χ0v) is 13.1. The smallest absolute Gasteiger partial charge is 0.323 e. The summed E-state index contributed by atoms with van der Waals surface area (Å²) in [5.74, 6) is 1.65. The lowest BCUT2D eigenvalue weighted by Crippen LogP contribution is -2.13. The van der Waals surface area contributed by atoms with E-state index in [1.54, 1.807) is 6.26 Å². The van der Waals surface area contributed by atoms with Crippen LogP contribution in [0.1, 0.15) is 26.7 Å². The fraction of sp³-hybridized carbons (Fsp3) is 0.750. The van der Waals surface area contributed by atoms with E-state index in [1.807, 2.05) is 6.92 Å². The Labute approximate surface area is 122 Å². The molecule has 1 heterocycles. The molecule has 20 heavy (non-hydrogen) atoms. The summed E-state index contributed by atoms with van der Waals surface area (Å²) in [6.45, 7) is 5.92. The van der Waals surface area contributed by atoms with Gasteiger partial charge >= 0.3 is 6.01 Å². The van der Waals surface area contributed by atoms with Crippen molar-refractivity contribution in [3.05, 3.63) is 0 Å². The molecule has 1 unspecified atom stereocenters. The van der Waals surface area contributed by atoms with Crippen molar-refractivity contribution >= 4 is 22.7 Å². The number of anilines is 2. The van der Waals surface area contributed by atoms with Crippen LogP contribution in [0, 0.1) is 0 Å². The van der Waals surface area contributed by atoms with Gasteiger partial charge in [0.2, 0.25) is 11.9 Å². The predicted octanol–water partition coefficient (Wildman–Crippen LogP) is 1.27. The number of ether oxygens (including phenoxy) is 1. The van der Waals surface area contributed by atoms with Crippen molar-refractivity contribution in [1.29, 1.82) is 0 Å². The normalized spacial score (nSPS) is 11.9. The van der Waals surface area contributed by atoms with E-state index < -0.39 is 10.8 Å². The Balaban J connectivity index is 2.62. The molecule has 0 aliphatic carbocycles. The van der Waals surface area contributed by atoms with Gasteiger partial charge in [-0.05, 0) is 19.8 Å². The van der Waals surface area contributed by atoms with Crippen LogP contribution in [-0.4, -0.2) is 50.9 Å². The molecule has 1 aromatic rings. The van der Waals surface area contributed by atoms with Crippen LogP contribution in [0.2, 0.25) is 0 Å². The van der Waals surface area contributed by atoms with Gasteiger partial charge in [-0.25, -0.2) is 0 Å². The maximum Gasteiger partial charge on any atom is 0.323 e. The summed E-state index contributed by atoms with van der Waals surface area (Å²) in [6, 6.07) is 0.308. The number of nitrogens with one attached hydrogen (secondary N) is 2. The summed E-state index contributed by atoms with van der Waals surface area (Å²) >= 11 is 0. The van der Waals surface area contributed by atoms with E-state index in [0.717, 1.165) is 19.4 Å². The van der Waals surface area contributed by atoms with E-state index in [9.17, 15) is 4.21 Å². The summed E-state index contributed by atoms with van der Waals surface area (Å²) < 4.78 is 16.3. The van der Waals surface area contributed by atoms with Gasteiger partial charge in [-0.15, -0.1) is 0 Å². The third-order valence-electron chi connectivity index (χ3n) is 2.31. The quantitative estimate of drug-likeness (QED) is 0.629. The fourth-order valence-electron chi connectivity index (χ4n) is 1.42.